The third-order valence-electron chi connectivity index (χ3n) is 0.945. The fraction of sp³-hybridized carbons (Fsp3) is 0. The van der Waals surface area contributed by atoms with E-state index in [4.69, 9.17) is 5.73 Å². The van der Waals surface area contributed by atoms with E-state index in [-0.39, 0.29) is 0 Å². The Morgan fingerprint density at radius 2 is 1.71 bits per heavy atom. The van der Waals surface area contributed by atoms with Crippen molar-refractivity contribution in [3.63, 3.8) is 0 Å². The molecule has 0 amide bonds. The molecule has 0 saturated carbocycles. The number of thiazole rings is 2. The minimum Gasteiger partial charge on any atom is -0.375 e. The monoisotopic (exact) mass is 467 g/mol. The lowest BCUT2D eigenvalue weighted by atomic mass is 11.0. The first-order chi connectivity index (χ1) is 6.58. The lowest BCUT2D eigenvalue weighted by molar-refractivity contribution is 1.37. The summed E-state index contributed by atoms with van der Waals surface area (Å²) in [5.41, 5.74) is 5.26. The second kappa shape index (κ2) is 6.36. The molecule has 0 saturated heterocycles. The first-order valence-electron chi connectivity index (χ1n) is 3.21. The molecule has 2 rings (SSSR count). The number of aromatic nitrogens is 2. The molecular formula is C6H4Br2IN3S2. The molecule has 14 heavy (non-hydrogen) atoms. The van der Waals surface area contributed by atoms with Gasteiger partial charge in [0.2, 0.25) is 0 Å². The van der Waals surface area contributed by atoms with Crippen molar-refractivity contribution >= 4 is 82.3 Å². The highest BCUT2D eigenvalue weighted by Gasteiger charge is 1.90. The van der Waals surface area contributed by atoms with E-state index >= 15 is 0 Å². The van der Waals surface area contributed by atoms with Crippen LogP contribution in [-0.2, 0) is 0 Å². The van der Waals surface area contributed by atoms with Gasteiger partial charge in [0.25, 0.3) is 0 Å². The molecule has 0 unspecified atom stereocenters. The Bertz CT molecular complexity index is 332. The van der Waals surface area contributed by atoms with Crippen LogP contribution in [0.15, 0.2) is 20.0 Å². The summed E-state index contributed by atoms with van der Waals surface area (Å²) in [6.07, 6.45) is 3.48. The summed E-state index contributed by atoms with van der Waals surface area (Å²) in [4.78, 5) is 7.74. The Balaban J connectivity index is 0.000000140. The third kappa shape index (κ3) is 5.01. The van der Waals surface area contributed by atoms with Crippen molar-refractivity contribution in [1.29, 1.82) is 0 Å². The molecule has 2 aromatic rings. The number of rotatable bonds is 0. The molecule has 0 radical (unpaired) electrons. The number of anilines is 1. The normalized spacial score (nSPS) is 9.36. The number of nitrogens with two attached hydrogens (primary N) is 1. The molecule has 2 aromatic heterocycles. The molecule has 76 valence electrons. The van der Waals surface area contributed by atoms with Crippen LogP contribution in [0.25, 0.3) is 0 Å². The topological polar surface area (TPSA) is 51.8 Å². The van der Waals surface area contributed by atoms with Gasteiger partial charge in [0.15, 0.2) is 8.15 Å². The van der Waals surface area contributed by atoms with Gasteiger partial charge in [-0.1, -0.05) is 11.3 Å². The Kier molecular flexibility index (Phi) is 5.82. The van der Waals surface area contributed by atoms with Gasteiger partial charge in [-0.25, -0.2) is 9.97 Å². The van der Waals surface area contributed by atoms with Gasteiger partial charge in [-0.15, -0.1) is 11.3 Å². The molecule has 0 aliphatic carbocycles. The van der Waals surface area contributed by atoms with Crippen LogP contribution in [0.1, 0.15) is 0 Å². The van der Waals surface area contributed by atoms with E-state index in [0.717, 1.165) is 10.6 Å². The zero-order valence-corrected chi connectivity index (χ0v) is 13.5. The average molecular weight is 469 g/mol. The number of hydrogen-bond donors (Lipinski definition) is 1. The van der Waals surface area contributed by atoms with Gasteiger partial charge in [-0.05, 0) is 54.5 Å². The first kappa shape index (κ1) is 12.8. The van der Waals surface area contributed by atoms with Gasteiger partial charge in [0, 0.05) is 0 Å². The van der Waals surface area contributed by atoms with Crippen molar-refractivity contribution in [1.82, 2.24) is 9.97 Å². The largest absolute Gasteiger partial charge is 0.375 e. The summed E-state index contributed by atoms with van der Waals surface area (Å²) < 4.78 is 3.14. The SMILES string of the molecule is Brc1cnc(I)s1.Nc1ncc(Br)s1. The summed E-state index contributed by atoms with van der Waals surface area (Å²) in [5, 5.41) is 0.604. The Morgan fingerprint density at radius 3 is 1.86 bits per heavy atom. The molecule has 0 aliphatic rings. The molecule has 2 heterocycles. The van der Waals surface area contributed by atoms with Crippen molar-refractivity contribution in [3.8, 4) is 0 Å². The number of nitrogen functional groups attached to an aromatic ring is 1. The maximum Gasteiger partial charge on any atom is 0.181 e. The summed E-state index contributed by atoms with van der Waals surface area (Å²) in [6, 6.07) is 0. The summed E-state index contributed by atoms with van der Waals surface area (Å²) >= 11 is 11.7. The Hall–Kier alpha value is 0.750. The van der Waals surface area contributed by atoms with Crippen molar-refractivity contribution in [2.75, 3.05) is 5.73 Å². The van der Waals surface area contributed by atoms with Crippen LogP contribution in [0.4, 0.5) is 5.13 Å². The molecular weight excluding hydrogens is 465 g/mol. The van der Waals surface area contributed by atoms with E-state index in [2.05, 4.69) is 64.4 Å². The van der Waals surface area contributed by atoms with Crippen molar-refractivity contribution < 1.29 is 0 Å². The fourth-order valence-electron chi connectivity index (χ4n) is 0.502. The maximum absolute atomic E-state index is 5.26. The zero-order valence-electron chi connectivity index (χ0n) is 6.58. The number of halogens is 3. The molecule has 0 bridgehead atoms. The summed E-state index contributed by atoms with van der Waals surface area (Å²) in [7, 11) is 0. The van der Waals surface area contributed by atoms with E-state index in [9.17, 15) is 0 Å². The van der Waals surface area contributed by atoms with Crippen LogP contribution >= 0.6 is 77.1 Å². The van der Waals surface area contributed by atoms with Crippen LogP contribution in [0.3, 0.4) is 0 Å². The van der Waals surface area contributed by atoms with Crippen LogP contribution in [0, 0.1) is 3.01 Å². The van der Waals surface area contributed by atoms with E-state index in [1.807, 2.05) is 0 Å². The van der Waals surface area contributed by atoms with Gasteiger partial charge >= 0.3 is 0 Å². The minimum atomic E-state index is 0.604. The number of hydrogen-bond acceptors (Lipinski definition) is 5. The summed E-state index contributed by atoms with van der Waals surface area (Å²) in [5.74, 6) is 0. The van der Waals surface area contributed by atoms with Gasteiger partial charge in [-0.2, -0.15) is 0 Å². The molecule has 8 heteroatoms. The lowest BCUT2D eigenvalue weighted by Crippen LogP contribution is -1.77. The Labute approximate surface area is 120 Å². The second-order valence-electron chi connectivity index (χ2n) is 1.92. The second-order valence-corrected chi connectivity index (χ2v) is 8.53. The summed E-state index contributed by atoms with van der Waals surface area (Å²) in [6.45, 7) is 0. The molecule has 0 atom stereocenters. The van der Waals surface area contributed by atoms with Crippen LogP contribution < -0.4 is 5.73 Å². The van der Waals surface area contributed by atoms with Gasteiger partial charge in [-0.3, -0.25) is 0 Å². The minimum absolute atomic E-state index is 0.604. The average Bonchev–Trinajstić information content (AvgIpc) is 2.63. The van der Waals surface area contributed by atoms with Crippen molar-refractivity contribution in [2.24, 2.45) is 0 Å². The quantitative estimate of drug-likeness (QED) is 0.595. The predicted molar refractivity (Wildman–Crippen MR) is 76.8 cm³/mol. The van der Waals surface area contributed by atoms with E-state index < -0.39 is 0 Å². The predicted octanol–water partition coefficient (Wildman–Crippen LogP) is 4.00. The van der Waals surface area contributed by atoms with Crippen molar-refractivity contribution in [3.05, 3.63) is 23.0 Å². The molecule has 0 aliphatic heterocycles. The lowest BCUT2D eigenvalue weighted by Gasteiger charge is -1.69. The standard InChI is InChI=1S/C3HBrINS.C3H3BrN2S/c2*4-2-1-6-3(5)7-2/h1H;1H,(H2,5,6). The third-order valence-corrected chi connectivity index (χ3v) is 4.45. The van der Waals surface area contributed by atoms with E-state index in [1.54, 1.807) is 23.7 Å². The molecule has 0 fully saturated rings. The highest BCUT2D eigenvalue weighted by molar-refractivity contribution is 14.1. The smallest absolute Gasteiger partial charge is 0.181 e. The van der Waals surface area contributed by atoms with Crippen LogP contribution in [0.5, 0.6) is 0 Å². The van der Waals surface area contributed by atoms with E-state index in [0.29, 0.717) is 5.13 Å². The molecule has 3 nitrogen and oxygen atoms in total. The number of nitrogens with zero attached hydrogens (tertiary/aromatic N) is 2. The Morgan fingerprint density at radius 1 is 1.14 bits per heavy atom. The van der Waals surface area contributed by atoms with E-state index in [1.165, 1.54) is 11.3 Å². The molecule has 0 spiro atoms. The highest BCUT2D eigenvalue weighted by atomic mass is 127. The van der Waals surface area contributed by atoms with Crippen molar-refractivity contribution in [2.45, 2.75) is 0 Å². The first-order valence-corrected chi connectivity index (χ1v) is 7.51. The fourth-order valence-corrected chi connectivity index (χ4v) is 4.21. The van der Waals surface area contributed by atoms with Gasteiger partial charge in [0.05, 0.1) is 20.0 Å². The molecule has 2 N–H and O–H groups in total. The van der Waals surface area contributed by atoms with Gasteiger partial charge in [0.1, 0.15) is 0 Å². The zero-order chi connectivity index (χ0) is 10.6. The van der Waals surface area contributed by atoms with Crippen LogP contribution in [-0.4, -0.2) is 9.97 Å². The molecule has 0 aromatic carbocycles. The van der Waals surface area contributed by atoms with Crippen LogP contribution in [0.2, 0.25) is 0 Å². The highest BCUT2D eigenvalue weighted by Crippen LogP contribution is 2.20. The maximum atomic E-state index is 5.26. The van der Waals surface area contributed by atoms with Gasteiger partial charge < -0.3 is 5.73 Å².